The Morgan fingerprint density at radius 3 is 1.89 bits per heavy atom. The van der Waals surface area contributed by atoms with E-state index in [0.29, 0.717) is 23.2 Å². The quantitative estimate of drug-likeness (QED) is 0.141. The summed E-state index contributed by atoms with van der Waals surface area (Å²) < 4.78 is 12.4. The summed E-state index contributed by atoms with van der Waals surface area (Å²) >= 11 is 0. The molecule has 0 aromatic heterocycles. The molecule has 5 rings (SSSR count). The molecule has 228 valence electrons. The highest BCUT2D eigenvalue weighted by molar-refractivity contribution is 5.50. The zero-order valence-electron chi connectivity index (χ0n) is 25.8. The van der Waals surface area contributed by atoms with E-state index < -0.39 is 9.85 Å². The molecular weight excluding hydrogens is 556 g/mol. The van der Waals surface area contributed by atoms with Gasteiger partial charge in [-0.3, -0.25) is 20.2 Å². The van der Waals surface area contributed by atoms with E-state index in [2.05, 4.69) is 45.0 Å². The Hall–Kier alpha value is -4.72. The normalized spacial score (nSPS) is 18.4. The van der Waals surface area contributed by atoms with Crippen LogP contribution in [0.2, 0.25) is 0 Å². The van der Waals surface area contributed by atoms with Gasteiger partial charge in [-0.05, 0) is 91.2 Å². The van der Waals surface area contributed by atoms with Crippen molar-refractivity contribution in [1.82, 2.24) is 0 Å². The largest absolute Gasteiger partial charge is 0.457 e. The first-order chi connectivity index (χ1) is 20.9. The van der Waals surface area contributed by atoms with Crippen molar-refractivity contribution in [2.45, 2.75) is 71.1 Å². The third kappa shape index (κ3) is 6.30. The van der Waals surface area contributed by atoms with Gasteiger partial charge in [0.1, 0.15) is 23.0 Å². The molecule has 4 aromatic rings. The number of nitro groups is 2. The number of nitro benzene ring substituents is 2. The van der Waals surface area contributed by atoms with Gasteiger partial charge in [0.2, 0.25) is 0 Å². The minimum atomic E-state index is -0.426. The van der Waals surface area contributed by atoms with Gasteiger partial charge in [0.15, 0.2) is 0 Å². The predicted octanol–water partition coefficient (Wildman–Crippen LogP) is 10.1. The number of ether oxygens (including phenoxy) is 2. The lowest BCUT2D eigenvalue weighted by Crippen LogP contribution is -2.37. The maximum absolute atomic E-state index is 11.3. The SMILES string of the molecule is Cc1cc(C(C)(C)C2CCC(C)(c3cccc(C)c3Oc3cccc([N+](=O)[O-])c3)CC2)ccc1Oc1cccc([N+](=O)[O-])c1. The van der Waals surface area contributed by atoms with Crippen LogP contribution >= 0.6 is 0 Å². The molecule has 4 aromatic carbocycles. The summed E-state index contributed by atoms with van der Waals surface area (Å²) in [5, 5.41) is 22.5. The Bertz CT molecular complexity index is 1700. The molecule has 0 unspecified atom stereocenters. The Balaban J connectivity index is 1.32. The Kier molecular flexibility index (Phi) is 8.46. The second kappa shape index (κ2) is 12.1. The maximum atomic E-state index is 11.3. The summed E-state index contributed by atoms with van der Waals surface area (Å²) in [6.45, 7) is 10.9. The highest BCUT2D eigenvalue weighted by Crippen LogP contribution is 2.51. The third-order valence-electron chi connectivity index (χ3n) is 9.40. The maximum Gasteiger partial charge on any atom is 0.273 e. The average Bonchev–Trinajstić information content (AvgIpc) is 2.99. The smallest absolute Gasteiger partial charge is 0.273 e. The van der Waals surface area contributed by atoms with Gasteiger partial charge >= 0.3 is 0 Å². The molecule has 0 radical (unpaired) electrons. The lowest BCUT2D eigenvalue weighted by molar-refractivity contribution is -0.385. The van der Waals surface area contributed by atoms with Crippen LogP contribution in [0.25, 0.3) is 0 Å². The van der Waals surface area contributed by atoms with Crippen LogP contribution < -0.4 is 9.47 Å². The van der Waals surface area contributed by atoms with E-state index in [4.69, 9.17) is 9.47 Å². The minimum Gasteiger partial charge on any atom is -0.457 e. The van der Waals surface area contributed by atoms with Crippen LogP contribution in [0.15, 0.2) is 84.9 Å². The lowest BCUT2D eigenvalue weighted by Gasteiger charge is -2.44. The second-order valence-corrected chi connectivity index (χ2v) is 12.7. The van der Waals surface area contributed by atoms with Gasteiger partial charge in [-0.15, -0.1) is 0 Å². The van der Waals surface area contributed by atoms with Crippen molar-refractivity contribution in [1.29, 1.82) is 0 Å². The molecule has 0 spiro atoms. The molecule has 0 heterocycles. The number of aryl methyl sites for hydroxylation is 2. The van der Waals surface area contributed by atoms with Gasteiger partial charge in [-0.25, -0.2) is 0 Å². The van der Waals surface area contributed by atoms with Gasteiger partial charge in [-0.1, -0.05) is 63.2 Å². The zero-order valence-corrected chi connectivity index (χ0v) is 25.8. The first kappa shape index (κ1) is 30.7. The molecule has 0 amide bonds. The number of hydrogen-bond donors (Lipinski definition) is 0. The van der Waals surface area contributed by atoms with Gasteiger partial charge in [0, 0.05) is 17.7 Å². The molecule has 8 heteroatoms. The number of benzene rings is 4. The first-order valence-electron chi connectivity index (χ1n) is 14.9. The standard InChI is InChI=1S/C36H38N2O6/c1-24-9-6-14-32(34(24)44-31-13-8-11-29(23-31)38(41)42)36(5)19-17-26(18-20-36)35(3,4)27-15-16-33(25(2)21-27)43-30-12-7-10-28(22-30)37(39)40/h6-16,21-23,26H,17-20H2,1-5H3. The molecule has 1 aliphatic carbocycles. The van der Waals surface area contributed by atoms with E-state index in [1.54, 1.807) is 24.3 Å². The fraction of sp³-hybridized carbons (Fsp3) is 0.333. The number of para-hydroxylation sites is 1. The van der Waals surface area contributed by atoms with Crippen LogP contribution in [0, 0.1) is 40.0 Å². The van der Waals surface area contributed by atoms with Crippen LogP contribution in [0.4, 0.5) is 11.4 Å². The molecule has 1 fully saturated rings. The molecule has 0 N–H and O–H groups in total. The van der Waals surface area contributed by atoms with E-state index in [1.807, 2.05) is 26.0 Å². The minimum absolute atomic E-state index is 0.00408. The summed E-state index contributed by atoms with van der Waals surface area (Å²) in [4.78, 5) is 21.6. The lowest BCUT2D eigenvalue weighted by atomic mass is 9.60. The molecule has 8 nitrogen and oxygen atoms in total. The van der Waals surface area contributed by atoms with Crippen molar-refractivity contribution in [3.8, 4) is 23.0 Å². The Morgan fingerprint density at radius 1 is 0.750 bits per heavy atom. The number of hydrogen-bond acceptors (Lipinski definition) is 6. The monoisotopic (exact) mass is 594 g/mol. The summed E-state index contributed by atoms with van der Waals surface area (Å²) in [6, 6.07) is 25.0. The molecule has 1 saturated carbocycles. The van der Waals surface area contributed by atoms with Crippen LogP contribution in [-0.2, 0) is 10.8 Å². The summed E-state index contributed by atoms with van der Waals surface area (Å²) in [7, 11) is 0. The van der Waals surface area contributed by atoms with E-state index in [-0.39, 0.29) is 22.2 Å². The number of rotatable bonds is 9. The van der Waals surface area contributed by atoms with Gasteiger partial charge in [-0.2, -0.15) is 0 Å². The third-order valence-corrected chi connectivity index (χ3v) is 9.40. The molecule has 0 aliphatic heterocycles. The van der Waals surface area contributed by atoms with Gasteiger partial charge in [0.05, 0.1) is 22.0 Å². The molecule has 0 atom stereocenters. The topological polar surface area (TPSA) is 105 Å². The summed E-state index contributed by atoms with van der Waals surface area (Å²) in [5.41, 5.74) is 4.18. The first-order valence-corrected chi connectivity index (χ1v) is 14.9. The highest BCUT2D eigenvalue weighted by atomic mass is 16.6. The Labute approximate surface area is 258 Å². The zero-order chi connectivity index (χ0) is 31.6. The van der Waals surface area contributed by atoms with Crippen LogP contribution in [0.1, 0.15) is 68.7 Å². The van der Waals surface area contributed by atoms with Gasteiger partial charge < -0.3 is 9.47 Å². The molecule has 1 aliphatic rings. The fourth-order valence-electron chi connectivity index (χ4n) is 6.48. The molecular formula is C36H38N2O6. The van der Waals surface area contributed by atoms with E-state index in [0.717, 1.165) is 48.1 Å². The van der Waals surface area contributed by atoms with Crippen molar-refractivity contribution in [2.75, 3.05) is 0 Å². The summed E-state index contributed by atoms with van der Waals surface area (Å²) in [5.74, 6) is 2.82. The van der Waals surface area contributed by atoms with Crippen molar-refractivity contribution >= 4 is 11.4 Å². The fourth-order valence-corrected chi connectivity index (χ4v) is 6.48. The van der Waals surface area contributed by atoms with Crippen LogP contribution in [0.5, 0.6) is 23.0 Å². The van der Waals surface area contributed by atoms with E-state index >= 15 is 0 Å². The molecule has 0 bridgehead atoms. The molecule has 0 saturated heterocycles. The predicted molar refractivity (Wildman–Crippen MR) is 171 cm³/mol. The number of non-ortho nitro benzene ring substituents is 2. The Morgan fingerprint density at radius 2 is 1.32 bits per heavy atom. The van der Waals surface area contributed by atoms with Crippen LogP contribution in [-0.4, -0.2) is 9.85 Å². The van der Waals surface area contributed by atoms with Crippen molar-refractivity contribution in [2.24, 2.45) is 5.92 Å². The summed E-state index contributed by atoms with van der Waals surface area (Å²) in [6.07, 6.45) is 4.06. The van der Waals surface area contributed by atoms with Crippen molar-refractivity contribution in [3.05, 3.63) is 127 Å². The average molecular weight is 595 g/mol. The molecule has 44 heavy (non-hydrogen) atoms. The number of nitrogens with zero attached hydrogens (tertiary/aromatic N) is 2. The van der Waals surface area contributed by atoms with Gasteiger partial charge in [0.25, 0.3) is 11.4 Å². The highest BCUT2D eigenvalue weighted by Gasteiger charge is 2.41. The van der Waals surface area contributed by atoms with Crippen molar-refractivity contribution in [3.63, 3.8) is 0 Å². The van der Waals surface area contributed by atoms with E-state index in [1.165, 1.54) is 29.8 Å². The van der Waals surface area contributed by atoms with Crippen LogP contribution in [0.3, 0.4) is 0 Å². The van der Waals surface area contributed by atoms with E-state index in [9.17, 15) is 20.2 Å². The second-order valence-electron chi connectivity index (χ2n) is 12.7. The van der Waals surface area contributed by atoms with Crippen molar-refractivity contribution < 1.29 is 19.3 Å².